The number of ether oxygens (including phenoxy) is 1. The number of nitrogens with zero attached hydrogens (tertiary/aromatic N) is 2. The second kappa shape index (κ2) is 10.3. The number of nitrogen functional groups attached to an aromatic ring is 1. The summed E-state index contributed by atoms with van der Waals surface area (Å²) in [5, 5.41) is 14.1. The zero-order valence-corrected chi connectivity index (χ0v) is 18.8. The van der Waals surface area contributed by atoms with Crippen LogP contribution in [0.1, 0.15) is 46.8 Å². The molecule has 1 fully saturated rings. The van der Waals surface area contributed by atoms with Gasteiger partial charge in [0.15, 0.2) is 0 Å². The number of amides is 2. The second-order valence-electron chi connectivity index (χ2n) is 8.38. The standard InChI is InChI=1S/C25H27FN6O2.3H2/c1-15-10-16(8-9-29-15)24(28)21-14-30-23(13-22(21)27)32-25(33)31-18-5-3-7-20(12-18)34-19-6-2-4-17(26)11-19;;;/h2,4,6,8-11,13-14,18,20,28H,3,5,7,12H2,1H3,(H4,27,30,31,32,33);3*1H. The Bertz CT molecular complexity index is 1220. The first kappa shape index (κ1) is 23.2. The third kappa shape index (κ3) is 5.86. The molecule has 8 nitrogen and oxygen atoms in total. The predicted octanol–water partition coefficient (Wildman–Crippen LogP) is 5.17. The maximum atomic E-state index is 13.4. The van der Waals surface area contributed by atoms with Crippen LogP contribution in [0.5, 0.6) is 5.75 Å². The Balaban J connectivity index is 0.00000228. The maximum Gasteiger partial charge on any atom is 0.320 e. The summed E-state index contributed by atoms with van der Waals surface area (Å²) < 4.78 is 19.3. The second-order valence-corrected chi connectivity index (χ2v) is 8.38. The summed E-state index contributed by atoms with van der Waals surface area (Å²) in [6.45, 7) is 1.85. The van der Waals surface area contributed by atoms with Crippen molar-refractivity contribution in [2.75, 3.05) is 11.1 Å². The molecular weight excluding hydrogens is 435 g/mol. The van der Waals surface area contributed by atoms with E-state index in [-0.39, 0.29) is 28.0 Å². The number of aromatic nitrogens is 2. The number of nitrogens with one attached hydrogen (secondary N) is 3. The third-order valence-electron chi connectivity index (χ3n) is 5.69. The van der Waals surface area contributed by atoms with Crippen LogP contribution < -0.4 is 21.1 Å². The molecule has 34 heavy (non-hydrogen) atoms. The van der Waals surface area contributed by atoms with Gasteiger partial charge in [-0.2, -0.15) is 0 Å². The van der Waals surface area contributed by atoms with Crippen molar-refractivity contribution >= 4 is 23.2 Å². The lowest BCUT2D eigenvalue weighted by Gasteiger charge is -2.30. The Morgan fingerprint density at radius 2 is 2.09 bits per heavy atom. The van der Waals surface area contributed by atoms with E-state index in [1.54, 1.807) is 30.5 Å². The Hall–Kier alpha value is -4.01. The number of halogens is 1. The van der Waals surface area contributed by atoms with Gasteiger partial charge in [0.2, 0.25) is 0 Å². The Morgan fingerprint density at radius 3 is 2.85 bits per heavy atom. The number of pyridine rings is 2. The molecule has 3 aromatic rings. The number of carbonyl (C=O) groups excluding carboxylic acids is 1. The number of nitrogens with two attached hydrogens (primary N) is 1. The van der Waals surface area contributed by atoms with Gasteiger partial charge in [0.05, 0.1) is 5.71 Å². The van der Waals surface area contributed by atoms with E-state index in [4.69, 9.17) is 15.9 Å². The van der Waals surface area contributed by atoms with Gasteiger partial charge in [0, 0.05) is 63.8 Å². The highest BCUT2D eigenvalue weighted by atomic mass is 19.1. The Labute approximate surface area is 201 Å². The topological polar surface area (TPSA) is 126 Å². The number of anilines is 2. The van der Waals surface area contributed by atoms with Crippen molar-refractivity contribution in [3.63, 3.8) is 0 Å². The minimum absolute atomic E-state index is 0. The molecule has 1 aliphatic carbocycles. The average molecular weight is 469 g/mol. The highest BCUT2D eigenvalue weighted by Crippen LogP contribution is 2.25. The summed E-state index contributed by atoms with van der Waals surface area (Å²) in [4.78, 5) is 20.9. The molecule has 2 atom stereocenters. The van der Waals surface area contributed by atoms with Crippen LogP contribution in [0, 0.1) is 18.2 Å². The van der Waals surface area contributed by atoms with Crippen LogP contribution in [0.25, 0.3) is 0 Å². The van der Waals surface area contributed by atoms with Crippen molar-refractivity contribution in [3.05, 3.63) is 77.5 Å². The van der Waals surface area contributed by atoms with E-state index >= 15 is 0 Å². The first-order chi connectivity index (χ1) is 16.4. The van der Waals surface area contributed by atoms with Crippen molar-refractivity contribution in [3.8, 4) is 5.75 Å². The summed E-state index contributed by atoms with van der Waals surface area (Å²) in [6, 6.07) is 10.7. The number of aryl methyl sites for hydroxylation is 1. The molecule has 0 bridgehead atoms. The number of rotatable bonds is 6. The predicted molar refractivity (Wildman–Crippen MR) is 135 cm³/mol. The molecule has 2 heterocycles. The molecule has 182 valence electrons. The van der Waals surface area contributed by atoms with Crippen LogP contribution in [0.15, 0.2) is 54.9 Å². The number of urea groups is 1. The van der Waals surface area contributed by atoms with Gasteiger partial charge in [-0.25, -0.2) is 14.2 Å². The van der Waals surface area contributed by atoms with Gasteiger partial charge in [-0.15, -0.1) is 0 Å². The van der Waals surface area contributed by atoms with E-state index in [0.29, 0.717) is 34.8 Å². The summed E-state index contributed by atoms with van der Waals surface area (Å²) in [5.74, 6) is 0.439. The molecule has 1 saturated carbocycles. The fourth-order valence-corrected chi connectivity index (χ4v) is 4.06. The Kier molecular flexibility index (Phi) is 7.01. The number of benzene rings is 1. The minimum atomic E-state index is -0.393. The summed E-state index contributed by atoms with van der Waals surface area (Å²) in [5.41, 5.74) is 8.68. The van der Waals surface area contributed by atoms with Crippen molar-refractivity contribution in [1.29, 1.82) is 5.41 Å². The lowest BCUT2D eigenvalue weighted by Crippen LogP contribution is -2.43. The van der Waals surface area contributed by atoms with Gasteiger partial charge in [0.25, 0.3) is 0 Å². The lowest BCUT2D eigenvalue weighted by molar-refractivity contribution is 0.136. The zero-order chi connectivity index (χ0) is 24.1. The van der Waals surface area contributed by atoms with Crippen LogP contribution in [-0.4, -0.2) is 33.9 Å². The molecule has 9 heteroatoms. The van der Waals surface area contributed by atoms with Gasteiger partial charge in [0.1, 0.15) is 23.5 Å². The average Bonchev–Trinajstić information content (AvgIpc) is 2.79. The normalized spacial score (nSPS) is 17.6. The first-order valence-electron chi connectivity index (χ1n) is 11.1. The van der Waals surface area contributed by atoms with E-state index in [1.807, 2.05) is 6.92 Å². The molecule has 4 rings (SSSR count). The van der Waals surface area contributed by atoms with Gasteiger partial charge < -0.3 is 15.8 Å². The molecule has 2 unspecified atom stereocenters. The maximum absolute atomic E-state index is 13.4. The van der Waals surface area contributed by atoms with Crippen LogP contribution in [-0.2, 0) is 0 Å². The quantitative estimate of drug-likeness (QED) is 0.371. The molecule has 2 amide bonds. The summed E-state index contributed by atoms with van der Waals surface area (Å²) in [6.07, 6.45) is 6.21. The molecular formula is C25H33FN6O2. The van der Waals surface area contributed by atoms with Crippen molar-refractivity contribution in [2.45, 2.75) is 44.8 Å². The monoisotopic (exact) mass is 468 g/mol. The minimum Gasteiger partial charge on any atom is -0.490 e. The third-order valence-corrected chi connectivity index (χ3v) is 5.69. The van der Waals surface area contributed by atoms with Crippen molar-refractivity contribution in [1.82, 2.24) is 15.3 Å². The SMILES string of the molecule is Cc1cc(C(=N)c2cnc(NC(=O)NC3CCCC(Oc4cccc(F)c4)C3)cc2N)ccn1.[HH].[HH].[HH]. The largest absolute Gasteiger partial charge is 0.490 e. The summed E-state index contributed by atoms with van der Waals surface area (Å²) >= 11 is 0. The van der Waals surface area contributed by atoms with Gasteiger partial charge in [-0.1, -0.05) is 6.07 Å². The number of hydrogen-bond donors (Lipinski definition) is 4. The van der Waals surface area contributed by atoms with Crippen LogP contribution in [0.2, 0.25) is 0 Å². The summed E-state index contributed by atoms with van der Waals surface area (Å²) in [7, 11) is 0. The van der Waals surface area contributed by atoms with E-state index in [9.17, 15) is 9.18 Å². The van der Waals surface area contributed by atoms with E-state index < -0.39 is 6.03 Å². The highest BCUT2D eigenvalue weighted by Gasteiger charge is 2.25. The zero-order valence-electron chi connectivity index (χ0n) is 18.8. The smallest absolute Gasteiger partial charge is 0.320 e. The van der Waals surface area contributed by atoms with Crippen LogP contribution in [0.4, 0.5) is 20.7 Å². The van der Waals surface area contributed by atoms with Crippen molar-refractivity contribution in [2.24, 2.45) is 0 Å². The molecule has 0 spiro atoms. The highest BCUT2D eigenvalue weighted by molar-refractivity contribution is 6.13. The fraction of sp³-hybridized carbons (Fsp3) is 0.280. The Morgan fingerprint density at radius 1 is 1.24 bits per heavy atom. The van der Waals surface area contributed by atoms with Crippen LogP contribution >= 0.6 is 0 Å². The molecule has 0 saturated heterocycles. The van der Waals surface area contributed by atoms with Gasteiger partial charge in [-0.05, 0) is 50.5 Å². The number of hydrogen-bond acceptors (Lipinski definition) is 6. The van der Waals surface area contributed by atoms with E-state index in [1.165, 1.54) is 24.4 Å². The molecule has 2 aromatic heterocycles. The lowest BCUT2D eigenvalue weighted by atomic mass is 9.93. The number of carbonyl (C=O) groups is 1. The van der Waals surface area contributed by atoms with E-state index in [0.717, 1.165) is 25.0 Å². The van der Waals surface area contributed by atoms with Gasteiger partial charge >= 0.3 is 6.03 Å². The van der Waals surface area contributed by atoms with Crippen LogP contribution in [0.3, 0.4) is 0 Å². The first-order valence-corrected chi connectivity index (χ1v) is 11.1. The molecule has 1 aliphatic rings. The molecule has 5 N–H and O–H groups in total. The van der Waals surface area contributed by atoms with Crippen molar-refractivity contribution < 1.29 is 18.2 Å². The van der Waals surface area contributed by atoms with E-state index in [2.05, 4.69) is 20.6 Å². The van der Waals surface area contributed by atoms with Gasteiger partial charge in [-0.3, -0.25) is 15.7 Å². The molecule has 0 radical (unpaired) electrons. The molecule has 0 aliphatic heterocycles. The fourth-order valence-electron chi connectivity index (χ4n) is 4.06. The molecule has 1 aromatic carbocycles.